The van der Waals surface area contributed by atoms with Crippen LogP contribution in [-0.4, -0.2) is 33.5 Å². The molecule has 3 rings (SSSR count). The monoisotopic (exact) mass is 417 g/mol. The van der Waals surface area contributed by atoms with Crippen LogP contribution in [0.3, 0.4) is 0 Å². The molecule has 0 radical (unpaired) electrons. The molecule has 0 fully saturated rings. The smallest absolute Gasteiger partial charge is 0.305 e. The minimum atomic E-state index is -0.922. The van der Waals surface area contributed by atoms with Crippen LogP contribution in [0.2, 0.25) is 0 Å². The first kappa shape index (κ1) is 22.2. The van der Waals surface area contributed by atoms with Crippen molar-refractivity contribution in [2.45, 2.75) is 33.1 Å². The average molecular weight is 418 g/mol. The number of nitrogens with one attached hydrogen (secondary N) is 1. The number of benzene rings is 1. The van der Waals surface area contributed by atoms with Crippen molar-refractivity contribution >= 4 is 17.4 Å². The molecule has 1 amide bonds. The third-order valence-electron chi connectivity index (χ3n) is 4.99. The number of amides is 1. The molecule has 0 aliphatic heterocycles. The SMILES string of the molecule is CC1(C)C=CC=C(c2cnc(-c3ccc(CCC(=O)NCCC(=O)O)cc3)nc2)C=C1. The number of carboxylic acid groups (broad SMARTS) is 1. The molecule has 0 bridgehead atoms. The molecule has 0 saturated carbocycles. The summed E-state index contributed by atoms with van der Waals surface area (Å²) in [6, 6.07) is 7.81. The Labute approximate surface area is 182 Å². The Hall–Kier alpha value is -3.54. The second kappa shape index (κ2) is 9.98. The lowest BCUT2D eigenvalue weighted by Gasteiger charge is -2.12. The van der Waals surface area contributed by atoms with Gasteiger partial charge in [0, 0.05) is 41.9 Å². The normalized spacial score (nSPS) is 14.6. The van der Waals surface area contributed by atoms with Crippen molar-refractivity contribution < 1.29 is 14.7 Å². The quantitative estimate of drug-likeness (QED) is 0.671. The lowest BCUT2D eigenvalue weighted by molar-refractivity contribution is -0.136. The third-order valence-corrected chi connectivity index (χ3v) is 4.99. The standard InChI is InChI=1S/C25H27N3O3/c1-25(2)13-3-4-19(11-14-25)21-16-27-24(28-17-21)20-8-5-18(6-9-20)7-10-22(29)26-15-12-23(30)31/h3-6,8-9,11,13-14,16-17H,7,10,12,15H2,1-2H3,(H,26,29)(H,30,31). The second-order valence-electron chi connectivity index (χ2n) is 8.12. The molecule has 1 aromatic carbocycles. The Kier molecular flexibility index (Phi) is 7.13. The molecular formula is C25H27N3O3. The molecule has 2 N–H and O–H groups in total. The molecule has 0 saturated heterocycles. The second-order valence-corrected chi connectivity index (χ2v) is 8.12. The van der Waals surface area contributed by atoms with E-state index in [0.29, 0.717) is 18.7 Å². The van der Waals surface area contributed by atoms with Gasteiger partial charge in [0.05, 0.1) is 6.42 Å². The molecule has 160 valence electrons. The van der Waals surface area contributed by atoms with Gasteiger partial charge >= 0.3 is 5.97 Å². The minimum Gasteiger partial charge on any atom is -0.481 e. The van der Waals surface area contributed by atoms with E-state index in [9.17, 15) is 9.59 Å². The average Bonchev–Trinajstić information content (AvgIpc) is 2.93. The van der Waals surface area contributed by atoms with E-state index in [1.54, 1.807) is 0 Å². The Morgan fingerprint density at radius 1 is 1.00 bits per heavy atom. The fourth-order valence-corrected chi connectivity index (χ4v) is 3.11. The molecule has 6 heteroatoms. The summed E-state index contributed by atoms with van der Waals surface area (Å²) in [4.78, 5) is 31.3. The first-order valence-electron chi connectivity index (χ1n) is 10.3. The lowest BCUT2D eigenvalue weighted by Crippen LogP contribution is -2.26. The van der Waals surface area contributed by atoms with E-state index in [0.717, 1.165) is 22.3 Å². The summed E-state index contributed by atoms with van der Waals surface area (Å²) < 4.78 is 0. The summed E-state index contributed by atoms with van der Waals surface area (Å²) >= 11 is 0. The summed E-state index contributed by atoms with van der Waals surface area (Å²) in [5.74, 6) is -0.422. The highest BCUT2D eigenvalue weighted by atomic mass is 16.4. The molecule has 1 aliphatic rings. The van der Waals surface area contributed by atoms with E-state index in [1.165, 1.54) is 0 Å². The fraction of sp³-hybridized carbons (Fsp3) is 0.280. The van der Waals surface area contributed by atoms with Crippen LogP contribution in [0.5, 0.6) is 0 Å². The number of rotatable bonds is 8. The van der Waals surface area contributed by atoms with E-state index in [2.05, 4.69) is 59.5 Å². The number of aryl methyl sites for hydroxylation is 1. The van der Waals surface area contributed by atoms with Gasteiger partial charge in [0.15, 0.2) is 5.82 Å². The predicted octanol–water partition coefficient (Wildman–Crippen LogP) is 4.20. The maximum absolute atomic E-state index is 11.8. The van der Waals surface area contributed by atoms with Crippen molar-refractivity contribution in [2.75, 3.05) is 6.54 Å². The van der Waals surface area contributed by atoms with E-state index < -0.39 is 5.97 Å². The number of carbonyl (C=O) groups excluding carboxylic acids is 1. The van der Waals surface area contributed by atoms with Crippen molar-refractivity contribution in [3.63, 3.8) is 0 Å². The number of aromatic nitrogens is 2. The Morgan fingerprint density at radius 2 is 1.71 bits per heavy atom. The number of aliphatic carboxylic acids is 1. The largest absolute Gasteiger partial charge is 0.481 e. The molecule has 6 nitrogen and oxygen atoms in total. The van der Waals surface area contributed by atoms with Gasteiger partial charge < -0.3 is 10.4 Å². The zero-order chi connectivity index (χ0) is 22.3. The predicted molar refractivity (Wildman–Crippen MR) is 121 cm³/mol. The number of hydrogen-bond donors (Lipinski definition) is 2. The van der Waals surface area contributed by atoms with Crippen molar-refractivity contribution in [3.8, 4) is 11.4 Å². The highest BCUT2D eigenvalue weighted by Gasteiger charge is 2.12. The fourth-order valence-electron chi connectivity index (χ4n) is 3.11. The van der Waals surface area contributed by atoms with Gasteiger partial charge in [-0.2, -0.15) is 0 Å². The topological polar surface area (TPSA) is 92.2 Å². The zero-order valence-corrected chi connectivity index (χ0v) is 17.8. The van der Waals surface area contributed by atoms with Gasteiger partial charge in [0.1, 0.15) is 0 Å². The van der Waals surface area contributed by atoms with Crippen LogP contribution in [0.1, 0.15) is 37.8 Å². The van der Waals surface area contributed by atoms with Crippen molar-refractivity contribution in [1.82, 2.24) is 15.3 Å². The van der Waals surface area contributed by atoms with Gasteiger partial charge in [-0.15, -0.1) is 0 Å². The van der Waals surface area contributed by atoms with Crippen LogP contribution >= 0.6 is 0 Å². The van der Waals surface area contributed by atoms with Crippen LogP contribution in [-0.2, 0) is 16.0 Å². The van der Waals surface area contributed by atoms with Gasteiger partial charge in [-0.05, 0) is 17.6 Å². The first-order chi connectivity index (χ1) is 14.8. The number of carbonyl (C=O) groups is 2. The van der Waals surface area contributed by atoms with Crippen molar-refractivity contribution in [2.24, 2.45) is 5.41 Å². The van der Waals surface area contributed by atoms with Crippen LogP contribution in [0.15, 0.2) is 67.0 Å². The molecule has 2 aromatic rings. The summed E-state index contributed by atoms with van der Waals surface area (Å²) in [7, 11) is 0. The molecular weight excluding hydrogens is 390 g/mol. The van der Waals surface area contributed by atoms with Gasteiger partial charge in [0.25, 0.3) is 0 Å². The molecule has 1 aromatic heterocycles. The van der Waals surface area contributed by atoms with Gasteiger partial charge in [-0.1, -0.05) is 68.5 Å². The maximum Gasteiger partial charge on any atom is 0.305 e. The van der Waals surface area contributed by atoms with E-state index in [4.69, 9.17) is 5.11 Å². The van der Waals surface area contributed by atoms with Crippen molar-refractivity contribution in [3.05, 3.63) is 78.2 Å². The Balaban J connectivity index is 1.58. The van der Waals surface area contributed by atoms with E-state index in [-0.39, 0.29) is 24.3 Å². The third kappa shape index (κ3) is 6.74. The molecule has 0 atom stereocenters. The number of allylic oxidation sites excluding steroid dienone is 6. The van der Waals surface area contributed by atoms with Gasteiger partial charge in [0.2, 0.25) is 5.91 Å². The van der Waals surface area contributed by atoms with Gasteiger partial charge in [-0.3, -0.25) is 9.59 Å². The summed E-state index contributed by atoms with van der Waals surface area (Å²) in [6.45, 7) is 4.47. The summed E-state index contributed by atoms with van der Waals surface area (Å²) in [6.07, 6.45) is 15.1. The molecule has 31 heavy (non-hydrogen) atoms. The molecule has 1 heterocycles. The van der Waals surface area contributed by atoms with Crippen LogP contribution in [0, 0.1) is 5.41 Å². The summed E-state index contributed by atoms with van der Waals surface area (Å²) in [5.41, 5.74) is 4.00. The minimum absolute atomic E-state index is 0.0277. The van der Waals surface area contributed by atoms with Crippen LogP contribution in [0.25, 0.3) is 17.0 Å². The number of carboxylic acids is 1. The number of hydrogen-bond acceptors (Lipinski definition) is 4. The zero-order valence-electron chi connectivity index (χ0n) is 17.8. The van der Waals surface area contributed by atoms with E-state index >= 15 is 0 Å². The van der Waals surface area contributed by atoms with Crippen LogP contribution in [0.4, 0.5) is 0 Å². The molecule has 0 unspecified atom stereocenters. The molecule has 0 spiro atoms. The first-order valence-corrected chi connectivity index (χ1v) is 10.3. The molecule has 1 aliphatic carbocycles. The lowest BCUT2D eigenvalue weighted by atomic mass is 9.93. The maximum atomic E-state index is 11.8. The highest BCUT2D eigenvalue weighted by Crippen LogP contribution is 2.26. The Bertz CT molecular complexity index is 1020. The van der Waals surface area contributed by atoms with Gasteiger partial charge in [-0.25, -0.2) is 9.97 Å². The Morgan fingerprint density at radius 3 is 2.39 bits per heavy atom. The van der Waals surface area contributed by atoms with E-state index in [1.807, 2.05) is 36.7 Å². The number of nitrogens with zero attached hydrogens (tertiary/aromatic N) is 2. The van der Waals surface area contributed by atoms with Crippen molar-refractivity contribution in [1.29, 1.82) is 0 Å². The highest BCUT2D eigenvalue weighted by molar-refractivity contribution is 5.77. The van der Waals surface area contributed by atoms with Crippen LogP contribution < -0.4 is 5.32 Å². The summed E-state index contributed by atoms with van der Waals surface area (Å²) in [5, 5.41) is 11.2.